The van der Waals surface area contributed by atoms with Crippen molar-refractivity contribution < 1.29 is 4.79 Å². The molecule has 1 fully saturated rings. The lowest BCUT2D eigenvalue weighted by Gasteiger charge is -2.34. The van der Waals surface area contributed by atoms with Gasteiger partial charge in [0.05, 0.1) is 0 Å². The first-order valence-corrected chi connectivity index (χ1v) is 10.8. The third-order valence-corrected chi connectivity index (χ3v) is 6.47. The number of rotatable bonds is 6. The number of aryl methyl sites for hydroxylation is 2. The molecule has 0 radical (unpaired) electrons. The monoisotopic (exact) mass is 381 g/mol. The van der Waals surface area contributed by atoms with E-state index in [1.54, 1.807) is 11.3 Å². The molecule has 3 aromatic rings. The molecule has 1 aliphatic heterocycles. The van der Waals surface area contributed by atoms with Crippen molar-refractivity contribution in [3.05, 3.63) is 59.1 Å². The fourth-order valence-corrected chi connectivity index (χ4v) is 4.81. The lowest BCUT2D eigenvalue weighted by molar-refractivity contribution is 0.0633. The van der Waals surface area contributed by atoms with Crippen LogP contribution in [0.1, 0.15) is 29.4 Å². The topological polar surface area (TPSA) is 28.5 Å². The Kier molecular flexibility index (Phi) is 5.60. The quantitative estimate of drug-likeness (QED) is 0.643. The van der Waals surface area contributed by atoms with E-state index in [1.165, 1.54) is 15.8 Å². The summed E-state index contributed by atoms with van der Waals surface area (Å²) in [5.41, 5.74) is 2.21. The Labute approximate surface area is 165 Å². The van der Waals surface area contributed by atoms with Crippen LogP contribution in [-0.4, -0.2) is 53.0 Å². The minimum atomic E-state index is 0.189. The van der Waals surface area contributed by atoms with Crippen LogP contribution in [0.2, 0.25) is 0 Å². The number of hydrogen-bond donors (Lipinski definition) is 0. The van der Waals surface area contributed by atoms with Gasteiger partial charge in [0.25, 0.3) is 5.91 Å². The van der Waals surface area contributed by atoms with Crippen molar-refractivity contribution in [2.75, 3.05) is 32.7 Å². The first kappa shape index (κ1) is 18.3. The van der Waals surface area contributed by atoms with E-state index in [0.717, 1.165) is 57.8 Å². The summed E-state index contributed by atoms with van der Waals surface area (Å²) in [7, 11) is 0. The van der Waals surface area contributed by atoms with Crippen molar-refractivity contribution in [1.29, 1.82) is 0 Å². The SMILES string of the molecule is CCN1CCN(C(=O)c2cc3ccsc3n2CCCc2ccccc2)CC1. The maximum atomic E-state index is 13.2. The van der Waals surface area contributed by atoms with Crippen molar-refractivity contribution in [3.63, 3.8) is 0 Å². The van der Waals surface area contributed by atoms with E-state index in [1.807, 2.05) is 4.90 Å². The fourth-order valence-electron chi connectivity index (χ4n) is 3.89. The first-order chi connectivity index (χ1) is 13.3. The van der Waals surface area contributed by atoms with Crippen LogP contribution in [-0.2, 0) is 13.0 Å². The highest BCUT2D eigenvalue weighted by atomic mass is 32.1. The smallest absolute Gasteiger partial charge is 0.270 e. The van der Waals surface area contributed by atoms with Gasteiger partial charge in [0.1, 0.15) is 10.5 Å². The van der Waals surface area contributed by atoms with Crippen molar-refractivity contribution >= 4 is 27.5 Å². The second-order valence-electron chi connectivity index (χ2n) is 7.18. The van der Waals surface area contributed by atoms with Crippen LogP contribution in [0, 0.1) is 0 Å². The number of piperazine rings is 1. The molecule has 0 bridgehead atoms. The molecular formula is C22H27N3OS. The van der Waals surface area contributed by atoms with Crippen molar-refractivity contribution in [3.8, 4) is 0 Å². The zero-order chi connectivity index (χ0) is 18.6. The predicted molar refractivity (Wildman–Crippen MR) is 113 cm³/mol. The third kappa shape index (κ3) is 3.94. The molecule has 1 aromatic carbocycles. The lowest BCUT2D eigenvalue weighted by Crippen LogP contribution is -2.48. The van der Waals surface area contributed by atoms with Crippen LogP contribution in [0.5, 0.6) is 0 Å². The largest absolute Gasteiger partial charge is 0.335 e. The number of hydrogen-bond acceptors (Lipinski definition) is 3. The fraction of sp³-hybridized carbons (Fsp3) is 0.409. The third-order valence-electron chi connectivity index (χ3n) is 5.52. The molecule has 4 nitrogen and oxygen atoms in total. The number of thiophene rings is 1. The summed E-state index contributed by atoms with van der Waals surface area (Å²) < 4.78 is 2.25. The van der Waals surface area contributed by atoms with Gasteiger partial charge in [0, 0.05) is 38.1 Å². The molecule has 2 aromatic heterocycles. The summed E-state index contributed by atoms with van der Waals surface area (Å²) >= 11 is 1.73. The van der Waals surface area contributed by atoms with E-state index in [2.05, 4.69) is 64.2 Å². The van der Waals surface area contributed by atoms with Gasteiger partial charge in [-0.3, -0.25) is 4.79 Å². The molecule has 5 heteroatoms. The molecule has 0 spiro atoms. The van der Waals surface area contributed by atoms with Gasteiger partial charge in [-0.05, 0) is 42.5 Å². The average Bonchev–Trinajstić information content (AvgIpc) is 3.31. The zero-order valence-corrected chi connectivity index (χ0v) is 16.8. The van der Waals surface area contributed by atoms with E-state index in [0.29, 0.717) is 0 Å². The Morgan fingerprint density at radius 1 is 1.07 bits per heavy atom. The van der Waals surface area contributed by atoms with Crippen LogP contribution in [0.15, 0.2) is 47.8 Å². The molecule has 1 amide bonds. The average molecular weight is 382 g/mol. The molecule has 3 heterocycles. The minimum Gasteiger partial charge on any atom is -0.335 e. The van der Waals surface area contributed by atoms with E-state index in [-0.39, 0.29) is 5.91 Å². The van der Waals surface area contributed by atoms with Gasteiger partial charge in [-0.1, -0.05) is 37.3 Å². The van der Waals surface area contributed by atoms with Gasteiger partial charge >= 0.3 is 0 Å². The summed E-state index contributed by atoms with van der Waals surface area (Å²) in [5, 5.41) is 3.31. The van der Waals surface area contributed by atoms with E-state index < -0.39 is 0 Å². The van der Waals surface area contributed by atoms with Gasteiger partial charge in [0.15, 0.2) is 0 Å². The number of carbonyl (C=O) groups excluding carboxylic acids is 1. The van der Waals surface area contributed by atoms with E-state index >= 15 is 0 Å². The van der Waals surface area contributed by atoms with Crippen LogP contribution in [0.25, 0.3) is 10.2 Å². The number of benzene rings is 1. The number of nitrogens with zero attached hydrogens (tertiary/aromatic N) is 3. The predicted octanol–water partition coefficient (Wildman–Crippen LogP) is 4.11. The summed E-state index contributed by atoms with van der Waals surface area (Å²) in [6.45, 7) is 7.74. The Morgan fingerprint density at radius 2 is 1.85 bits per heavy atom. The zero-order valence-electron chi connectivity index (χ0n) is 15.9. The maximum Gasteiger partial charge on any atom is 0.270 e. The Morgan fingerprint density at radius 3 is 2.59 bits per heavy atom. The number of amides is 1. The Hall–Kier alpha value is -2.11. The molecule has 1 saturated heterocycles. The van der Waals surface area contributed by atoms with Gasteiger partial charge in [-0.25, -0.2) is 0 Å². The highest BCUT2D eigenvalue weighted by molar-refractivity contribution is 7.16. The molecular weight excluding hydrogens is 354 g/mol. The van der Waals surface area contributed by atoms with Crippen LogP contribution < -0.4 is 0 Å². The summed E-state index contributed by atoms with van der Waals surface area (Å²) in [6.07, 6.45) is 2.07. The molecule has 27 heavy (non-hydrogen) atoms. The molecule has 0 aliphatic carbocycles. The molecule has 0 unspecified atom stereocenters. The molecule has 4 rings (SSSR count). The number of carbonyl (C=O) groups is 1. The highest BCUT2D eigenvalue weighted by Crippen LogP contribution is 2.27. The van der Waals surface area contributed by atoms with Crippen LogP contribution >= 0.6 is 11.3 Å². The number of aromatic nitrogens is 1. The van der Waals surface area contributed by atoms with E-state index in [4.69, 9.17) is 0 Å². The van der Waals surface area contributed by atoms with Crippen LogP contribution in [0.4, 0.5) is 0 Å². The van der Waals surface area contributed by atoms with Gasteiger partial charge < -0.3 is 14.4 Å². The number of likely N-dealkylation sites (N-methyl/N-ethyl adjacent to an activating group) is 1. The van der Waals surface area contributed by atoms with Gasteiger partial charge in [0.2, 0.25) is 0 Å². The maximum absolute atomic E-state index is 13.2. The summed E-state index contributed by atoms with van der Waals surface area (Å²) in [6, 6.07) is 14.8. The minimum absolute atomic E-state index is 0.189. The van der Waals surface area contributed by atoms with Gasteiger partial charge in [-0.15, -0.1) is 11.3 Å². The first-order valence-electron chi connectivity index (χ1n) is 9.88. The molecule has 0 atom stereocenters. The van der Waals surface area contributed by atoms with Crippen molar-refractivity contribution in [2.45, 2.75) is 26.3 Å². The molecule has 0 saturated carbocycles. The molecule has 0 N–H and O–H groups in total. The summed E-state index contributed by atoms with van der Waals surface area (Å²) in [4.78, 5) is 18.9. The normalized spacial score (nSPS) is 15.5. The standard InChI is InChI=1S/C22H27N3OS/c1-2-23-12-14-24(15-13-23)21(26)20-17-19-10-16-27-22(19)25(20)11-6-9-18-7-4-3-5-8-18/h3-5,7-8,10,16-17H,2,6,9,11-15H2,1H3. The van der Waals surface area contributed by atoms with Crippen LogP contribution in [0.3, 0.4) is 0 Å². The second kappa shape index (κ2) is 8.28. The second-order valence-corrected chi connectivity index (χ2v) is 8.07. The number of fused-ring (bicyclic) bond motifs is 1. The molecule has 142 valence electrons. The van der Waals surface area contributed by atoms with Gasteiger partial charge in [-0.2, -0.15) is 0 Å². The van der Waals surface area contributed by atoms with Crippen molar-refractivity contribution in [1.82, 2.24) is 14.4 Å². The van der Waals surface area contributed by atoms with E-state index in [9.17, 15) is 4.79 Å². The molecule has 1 aliphatic rings. The highest BCUT2D eigenvalue weighted by Gasteiger charge is 2.25. The Bertz CT molecular complexity index is 891. The Balaban J connectivity index is 1.50. The lowest BCUT2D eigenvalue weighted by atomic mass is 10.1. The van der Waals surface area contributed by atoms with Crippen molar-refractivity contribution in [2.24, 2.45) is 0 Å². The summed E-state index contributed by atoms with van der Waals surface area (Å²) in [5.74, 6) is 0.189.